The van der Waals surface area contributed by atoms with Crippen LogP contribution in [-0.4, -0.2) is 59.0 Å². The summed E-state index contributed by atoms with van der Waals surface area (Å²) in [5.41, 5.74) is 0.500. The van der Waals surface area contributed by atoms with E-state index in [1.54, 1.807) is 10.9 Å². The molecule has 0 amide bonds. The molecule has 0 aromatic carbocycles. The predicted molar refractivity (Wildman–Crippen MR) is 112 cm³/mol. The Morgan fingerprint density at radius 2 is 1.94 bits per heavy atom. The van der Waals surface area contributed by atoms with Crippen LogP contribution >= 0.6 is 26.6 Å². The second-order valence-electron chi connectivity index (χ2n) is 7.84. The van der Waals surface area contributed by atoms with Gasteiger partial charge in [0.1, 0.15) is 18.1 Å². The van der Waals surface area contributed by atoms with E-state index in [1.807, 2.05) is 0 Å². The average molecular weight is 496 g/mol. The number of hydrogen-bond donors (Lipinski definition) is 4. The molecule has 12 nitrogen and oxygen atoms in total. The Morgan fingerprint density at radius 1 is 1.19 bits per heavy atom. The molecule has 2 aliphatic rings. The van der Waals surface area contributed by atoms with Crippen LogP contribution in [0.5, 0.6) is 0 Å². The normalized spacial score (nSPS) is 24.6. The molecule has 4 N–H and O–H groups in total. The summed E-state index contributed by atoms with van der Waals surface area (Å²) in [6.45, 7) is 0. The lowest BCUT2D eigenvalue weighted by Gasteiger charge is -2.18. The molecule has 0 spiro atoms. The number of rotatable bonds is 8. The number of aromatic nitrogens is 4. The summed E-state index contributed by atoms with van der Waals surface area (Å²) in [5, 5.41) is 8.59. The van der Waals surface area contributed by atoms with E-state index >= 15 is 0 Å². The largest absolute Gasteiger partial charge is 0.367 e. The molecule has 2 fully saturated rings. The van der Waals surface area contributed by atoms with Gasteiger partial charge < -0.3 is 29.5 Å². The van der Waals surface area contributed by atoms with Crippen LogP contribution in [0.4, 0.5) is 5.82 Å². The smallest absolute Gasteiger partial charge is 0.335 e. The van der Waals surface area contributed by atoms with E-state index in [0.29, 0.717) is 35.7 Å². The van der Waals surface area contributed by atoms with E-state index in [9.17, 15) is 14.0 Å². The molecule has 1 saturated carbocycles. The van der Waals surface area contributed by atoms with Crippen molar-refractivity contribution in [3.05, 3.63) is 11.5 Å². The highest BCUT2D eigenvalue weighted by Gasteiger charge is 2.34. The Balaban J connectivity index is 1.44. The lowest BCUT2D eigenvalue weighted by Crippen LogP contribution is -2.17. The zero-order chi connectivity index (χ0) is 22.2. The molecule has 1 aliphatic carbocycles. The molecule has 2 aromatic heterocycles. The first-order valence-corrected chi connectivity index (χ1v) is 14.1. The fraction of sp³-hybridized carbons (Fsp3) is 0.688. The lowest BCUT2D eigenvalue weighted by atomic mass is 10.2. The first-order chi connectivity index (χ1) is 14.6. The molecule has 2 aromatic rings. The van der Waals surface area contributed by atoms with Gasteiger partial charge in [-0.05, 0) is 30.9 Å². The maximum atomic E-state index is 11.9. The Morgan fingerprint density at radius 3 is 2.65 bits per heavy atom. The highest BCUT2D eigenvalue weighted by molar-refractivity contribution is 7.72. The summed E-state index contributed by atoms with van der Waals surface area (Å²) < 4.78 is 35.5. The van der Waals surface area contributed by atoms with Gasteiger partial charge in [0, 0.05) is 12.5 Å². The number of nitrogens with one attached hydrogen (secondary N) is 1. The Labute approximate surface area is 182 Å². The average Bonchev–Trinajstić information content (AvgIpc) is 3.38. The number of anilines is 1. The molecular weight excluding hydrogens is 472 g/mol. The van der Waals surface area contributed by atoms with Crippen molar-refractivity contribution in [1.82, 2.24) is 19.7 Å². The number of fused-ring (bicyclic) bond motifs is 1. The molecule has 4 rings (SSSR count). The third-order valence-corrected chi connectivity index (χ3v) is 9.18. The molecule has 3 heterocycles. The Bertz CT molecular complexity index is 1040. The zero-order valence-electron chi connectivity index (χ0n) is 16.5. The van der Waals surface area contributed by atoms with Crippen molar-refractivity contribution in [3.8, 4) is 0 Å². The monoisotopic (exact) mass is 495 g/mol. The summed E-state index contributed by atoms with van der Waals surface area (Å²) in [6, 6.07) is 0.334. The second-order valence-corrected chi connectivity index (χ2v) is 12.6. The quantitative estimate of drug-likeness (QED) is 0.313. The molecule has 0 bridgehead atoms. The molecule has 15 heteroatoms. The van der Waals surface area contributed by atoms with E-state index in [0.717, 1.165) is 12.8 Å². The van der Waals surface area contributed by atoms with Gasteiger partial charge in [0.15, 0.2) is 18.2 Å². The first-order valence-electron chi connectivity index (χ1n) is 9.89. The Kier molecular flexibility index (Phi) is 6.72. The van der Waals surface area contributed by atoms with Gasteiger partial charge >= 0.3 is 7.60 Å². The van der Waals surface area contributed by atoms with E-state index in [4.69, 9.17) is 30.9 Å². The van der Waals surface area contributed by atoms with E-state index in [2.05, 4.69) is 20.4 Å². The van der Waals surface area contributed by atoms with Gasteiger partial charge in [0.2, 0.25) is 12.7 Å². The van der Waals surface area contributed by atoms with E-state index in [-0.39, 0.29) is 5.28 Å². The van der Waals surface area contributed by atoms with Crippen LogP contribution in [0.2, 0.25) is 5.28 Å². The fourth-order valence-electron chi connectivity index (χ4n) is 3.90. The van der Waals surface area contributed by atoms with Gasteiger partial charge in [0.05, 0.1) is 11.6 Å². The van der Waals surface area contributed by atoms with Crippen LogP contribution < -0.4 is 5.32 Å². The molecule has 31 heavy (non-hydrogen) atoms. The van der Waals surface area contributed by atoms with E-state index < -0.39 is 39.7 Å². The maximum Gasteiger partial charge on any atom is 0.335 e. The van der Waals surface area contributed by atoms with Crippen molar-refractivity contribution in [3.63, 3.8) is 0 Å². The van der Waals surface area contributed by atoms with Crippen LogP contribution in [0.3, 0.4) is 0 Å². The fourth-order valence-corrected chi connectivity index (χ4v) is 7.10. The maximum absolute atomic E-state index is 11.9. The second kappa shape index (κ2) is 9.03. The standard InChI is InChI=1S/C16H24ClN5O7P2/c17-16-20-14(19-10-3-1-2-4-10)11-7-18-22(15(11)21-16)12-5-6-13(29-12)28-8-30(23,24)9-31(25,26)27/h7,10,12-13H,1-6,8-9H2,(H,23,24)(H,19,20,21)(H2,25,26,27)/t12-,13+/m1/s1. The van der Waals surface area contributed by atoms with Gasteiger partial charge in [-0.3, -0.25) is 9.13 Å². The van der Waals surface area contributed by atoms with Crippen molar-refractivity contribution in [2.45, 2.75) is 57.1 Å². The van der Waals surface area contributed by atoms with Crippen molar-refractivity contribution in [2.24, 2.45) is 0 Å². The minimum atomic E-state index is -4.63. The van der Waals surface area contributed by atoms with Gasteiger partial charge in [-0.1, -0.05) is 12.8 Å². The van der Waals surface area contributed by atoms with Gasteiger partial charge in [-0.2, -0.15) is 15.1 Å². The molecule has 172 valence electrons. The minimum Gasteiger partial charge on any atom is -0.367 e. The minimum absolute atomic E-state index is 0.0826. The zero-order valence-corrected chi connectivity index (χ0v) is 19.0. The molecule has 0 radical (unpaired) electrons. The molecule has 1 saturated heterocycles. The number of nitrogens with zero attached hydrogens (tertiary/aromatic N) is 4. The predicted octanol–water partition coefficient (Wildman–Crippen LogP) is 2.85. The van der Waals surface area contributed by atoms with Crippen LogP contribution in [0.25, 0.3) is 11.0 Å². The van der Waals surface area contributed by atoms with E-state index in [1.165, 1.54) is 12.8 Å². The first kappa shape index (κ1) is 23.1. The van der Waals surface area contributed by atoms with Gasteiger partial charge in [0.25, 0.3) is 0 Å². The molecule has 1 unspecified atom stereocenters. The van der Waals surface area contributed by atoms with Crippen molar-refractivity contribution < 1.29 is 33.3 Å². The summed E-state index contributed by atoms with van der Waals surface area (Å²) in [7, 11) is -8.78. The molecule has 3 atom stereocenters. The van der Waals surface area contributed by atoms with Crippen LogP contribution in [-0.2, 0) is 18.6 Å². The van der Waals surface area contributed by atoms with Crippen LogP contribution in [0, 0.1) is 0 Å². The number of ether oxygens (including phenoxy) is 2. The van der Waals surface area contributed by atoms with Crippen molar-refractivity contribution >= 4 is 43.4 Å². The van der Waals surface area contributed by atoms with Crippen LogP contribution in [0.1, 0.15) is 44.8 Å². The van der Waals surface area contributed by atoms with Gasteiger partial charge in [-0.25, -0.2) is 4.68 Å². The number of halogens is 1. The highest BCUT2D eigenvalue weighted by Crippen LogP contribution is 2.54. The third-order valence-electron chi connectivity index (χ3n) is 5.22. The van der Waals surface area contributed by atoms with Crippen molar-refractivity contribution in [2.75, 3.05) is 17.6 Å². The summed E-state index contributed by atoms with van der Waals surface area (Å²) in [5.74, 6) is -0.510. The topological polar surface area (TPSA) is 169 Å². The summed E-state index contributed by atoms with van der Waals surface area (Å²) >= 11 is 6.13. The summed E-state index contributed by atoms with van der Waals surface area (Å²) in [6.07, 6.45) is 4.98. The lowest BCUT2D eigenvalue weighted by molar-refractivity contribution is -0.141. The SMILES string of the molecule is O=P(O)(O)CP(=O)(O)CO[C@@H]1CC[C@H](n2ncc3c(NC4CCCC4)nc(Cl)nc32)O1. The van der Waals surface area contributed by atoms with Crippen molar-refractivity contribution in [1.29, 1.82) is 0 Å². The number of hydrogen-bond acceptors (Lipinski definition) is 8. The third kappa shape index (κ3) is 5.83. The van der Waals surface area contributed by atoms with Crippen LogP contribution in [0.15, 0.2) is 6.20 Å². The molecule has 1 aliphatic heterocycles. The summed E-state index contributed by atoms with van der Waals surface area (Å²) in [4.78, 5) is 36.1. The highest BCUT2D eigenvalue weighted by atomic mass is 35.5. The molecular formula is C16H24ClN5O7P2. The Hall–Kier alpha value is -1.10. The van der Waals surface area contributed by atoms with Gasteiger partial charge in [-0.15, -0.1) is 0 Å².